The quantitative estimate of drug-likeness (QED) is 0.527. The van der Waals surface area contributed by atoms with Crippen molar-refractivity contribution in [2.45, 2.75) is 26.7 Å². The van der Waals surface area contributed by atoms with Crippen LogP contribution in [0.3, 0.4) is 0 Å². The standard InChI is InChI=1S/C24H27OP/c1-18-14-15-21(17-22(16-18)26(3,4)25)24(20-11-6-5-7-12-20)23-13-9-8-10-19(23)2/h5-11,13-14,16-17H,12,15H2,1-4H3/b24-20-. The maximum atomic E-state index is 12.8. The molecule has 0 amide bonds. The first-order valence-corrected chi connectivity index (χ1v) is 11.7. The van der Waals surface area contributed by atoms with Crippen molar-refractivity contribution in [3.05, 3.63) is 100.0 Å². The molecule has 134 valence electrons. The zero-order valence-electron chi connectivity index (χ0n) is 16.1. The van der Waals surface area contributed by atoms with Crippen molar-refractivity contribution in [3.8, 4) is 0 Å². The highest BCUT2D eigenvalue weighted by atomic mass is 31.2. The number of allylic oxidation sites excluding steroid dienone is 12. The first-order chi connectivity index (χ1) is 12.4. The van der Waals surface area contributed by atoms with E-state index in [0.29, 0.717) is 0 Å². The highest BCUT2D eigenvalue weighted by Crippen LogP contribution is 2.50. The van der Waals surface area contributed by atoms with Crippen molar-refractivity contribution in [1.29, 1.82) is 0 Å². The van der Waals surface area contributed by atoms with Crippen LogP contribution in [-0.4, -0.2) is 13.3 Å². The molecule has 0 spiro atoms. The van der Waals surface area contributed by atoms with E-state index in [1.807, 2.05) is 13.3 Å². The Hall–Kier alpha value is -2.11. The summed E-state index contributed by atoms with van der Waals surface area (Å²) in [5.41, 5.74) is 7.58. The second-order valence-corrected chi connectivity index (χ2v) is 10.7. The van der Waals surface area contributed by atoms with Gasteiger partial charge in [0.1, 0.15) is 7.14 Å². The minimum Gasteiger partial charge on any atom is -0.319 e. The van der Waals surface area contributed by atoms with Gasteiger partial charge in [-0.3, -0.25) is 0 Å². The van der Waals surface area contributed by atoms with E-state index in [1.54, 1.807) is 0 Å². The highest BCUT2D eigenvalue weighted by molar-refractivity contribution is 7.66. The topological polar surface area (TPSA) is 17.1 Å². The van der Waals surface area contributed by atoms with E-state index in [2.05, 4.69) is 80.6 Å². The molecular weight excluding hydrogens is 335 g/mol. The lowest BCUT2D eigenvalue weighted by molar-refractivity contribution is 0.587. The molecule has 1 aromatic rings. The normalized spacial score (nSPS) is 19.5. The second-order valence-electron chi connectivity index (χ2n) is 7.45. The van der Waals surface area contributed by atoms with Crippen molar-refractivity contribution < 1.29 is 4.57 Å². The van der Waals surface area contributed by atoms with E-state index >= 15 is 0 Å². The molecule has 0 bridgehead atoms. The Kier molecular flexibility index (Phi) is 5.49. The van der Waals surface area contributed by atoms with E-state index < -0.39 is 7.14 Å². The molecule has 0 saturated carbocycles. The largest absolute Gasteiger partial charge is 0.319 e. The first-order valence-electron chi connectivity index (χ1n) is 9.13. The summed E-state index contributed by atoms with van der Waals surface area (Å²) in [5, 5.41) is 0.959. The average Bonchev–Trinajstić information content (AvgIpc) is 2.80. The molecule has 0 aromatic heterocycles. The molecule has 0 unspecified atom stereocenters. The van der Waals surface area contributed by atoms with Gasteiger partial charge in [-0.1, -0.05) is 60.2 Å². The predicted octanol–water partition coefficient (Wildman–Crippen LogP) is 7.05. The van der Waals surface area contributed by atoms with Crippen LogP contribution in [0.25, 0.3) is 5.57 Å². The molecule has 1 aromatic carbocycles. The van der Waals surface area contributed by atoms with Crippen LogP contribution in [0.4, 0.5) is 0 Å². The van der Waals surface area contributed by atoms with E-state index in [4.69, 9.17) is 0 Å². The number of benzene rings is 1. The lowest BCUT2D eigenvalue weighted by Crippen LogP contribution is -1.99. The molecule has 0 saturated heterocycles. The van der Waals surface area contributed by atoms with E-state index in [0.717, 1.165) is 18.2 Å². The summed E-state index contributed by atoms with van der Waals surface area (Å²) in [6, 6.07) is 8.55. The Morgan fingerprint density at radius 3 is 2.42 bits per heavy atom. The molecule has 2 aliphatic carbocycles. The molecule has 0 aliphatic heterocycles. The van der Waals surface area contributed by atoms with Crippen molar-refractivity contribution in [1.82, 2.24) is 0 Å². The zero-order chi connectivity index (χ0) is 18.7. The minimum absolute atomic E-state index is 0.858. The fourth-order valence-corrected chi connectivity index (χ4v) is 4.41. The molecule has 26 heavy (non-hydrogen) atoms. The third-order valence-corrected chi connectivity index (χ3v) is 6.40. The summed E-state index contributed by atoms with van der Waals surface area (Å²) in [6.07, 6.45) is 16.9. The van der Waals surface area contributed by atoms with Crippen LogP contribution < -0.4 is 0 Å². The second kappa shape index (κ2) is 7.64. The molecule has 0 atom stereocenters. The van der Waals surface area contributed by atoms with E-state index in [-0.39, 0.29) is 0 Å². The van der Waals surface area contributed by atoms with Gasteiger partial charge in [0.25, 0.3) is 0 Å². The molecule has 2 aliphatic rings. The van der Waals surface area contributed by atoms with Crippen LogP contribution in [0, 0.1) is 6.92 Å². The van der Waals surface area contributed by atoms with Gasteiger partial charge in [0.15, 0.2) is 0 Å². The first kappa shape index (κ1) is 18.7. The van der Waals surface area contributed by atoms with Gasteiger partial charge < -0.3 is 4.57 Å². The Morgan fingerprint density at radius 1 is 1.00 bits per heavy atom. The average molecular weight is 362 g/mol. The van der Waals surface area contributed by atoms with Gasteiger partial charge in [-0.05, 0) is 80.0 Å². The minimum atomic E-state index is -2.34. The molecule has 1 nitrogen and oxygen atoms in total. The van der Waals surface area contributed by atoms with E-state index in [9.17, 15) is 4.57 Å². The van der Waals surface area contributed by atoms with Crippen molar-refractivity contribution in [2.75, 3.05) is 13.3 Å². The SMILES string of the molecule is CC1=CCC(/C(=C2\C=CC=CC2)c2ccccc2C)=CC(P(C)(C)=O)=C1. The van der Waals surface area contributed by atoms with Crippen molar-refractivity contribution in [3.63, 3.8) is 0 Å². The van der Waals surface area contributed by atoms with Gasteiger partial charge in [-0.2, -0.15) is 0 Å². The van der Waals surface area contributed by atoms with Crippen LogP contribution >= 0.6 is 7.14 Å². The zero-order valence-corrected chi connectivity index (χ0v) is 17.0. The van der Waals surface area contributed by atoms with Gasteiger partial charge in [-0.15, -0.1) is 0 Å². The third kappa shape index (κ3) is 4.17. The molecular formula is C24H27OP. The molecule has 2 heteroatoms. The van der Waals surface area contributed by atoms with E-state index in [1.165, 1.54) is 33.4 Å². The lowest BCUT2D eigenvalue weighted by Gasteiger charge is -2.19. The number of aryl methyl sites for hydroxylation is 1. The Morgan fingerprint density at radius 2 is 1.77 bits per heavy atom. The van der Waals surface area contributed by atoms with Crippen LogP contribution in [-0.2, 0) is 4.57 Å². The Labute approximate surface area is 157 Å². The van der Waals surface area contributed by atoms with Gasteiger partial charge in [0.05, 0.1) is 0 Å². The van der Waals surface area contributed by atoms with Gasteiger partial charge in [-0.25, -0.2) is 0 Å². The van der Waals surface area contributed by atoms with Gasteiger partial charge in [0.2, 0.25) is 0 Å². The van der Waals surface area contributed by atoms with Crippen molar-refractivity contribution >= 4 is 12.7 Å². The molecule has 0 N–H and O–H groups in total. The predicted molar refractivity (Wildman–Crippen MR) is 115 cm³/mol. The monoisotopic (exact) mass is 362 g/mol. The van der Waals surface area contributed by atoms with Crippen LogP contribution in [0.2, 0.25) is 0 Å². The smallest absolute Gasteiger partial charge is 0.109 e. The fraction of sp³-hybridized carbons (Fsp3) is 0.250. The summed E-state index contributed by atoms with van der Waals surface area (Å²) < 4.78 is 12.8. The Balaban J connectivity index is 2.23. The summed E-state index contributed by atoms with van der Waals surface area (Å²) in [6.45, 7) is 7.97. The molecule has 0 heterocycles. The van der Waals surface area contributed by atoms with Crippen LogP contribution in [0.5, 0.6) is 0 Å². The van der Waals surface area contributed by atoms with Gasteiger partial charge in [0, 0.05) is 5.31 Å². The lowest BCUT2D eigenvalue weighted by atomic mass is 9.86. The summed E-state index contributed by atoms with van der Waals surface area (Å²) >= 11 is 0. The molecule has 0 fully saturated rings. The number of hydrogen-bond acceptors (Lipinski definition) is 1. The van der Waals surface area contributed by atoms with Gasteiger partial charge >= 0.3 is 0 Å². The fourth-order valence-electron chi connectivity index (χ4n) is 3.43. The number of hydrogen-bond donors (Lipinski definition) is 0. The Bertz CT molecular complexity index is 942. The summed E-state index contributed by atoms with van der Waals surface area (Å²) in [4.78, 5) is 0. The van der Waals surface area contributed by atoms with Crippen molar-refractivity contribution in [2.24, 2.45) is 0 Å². The highest BCUT2D eigenvalue weighted by Gasteiger charge is 2.20. The maximum Gasteiger partial charge on any atom is 0.109 e. The number of rotatable bonds is 3. The summed E-state index contributed by atoms with van der Waals surface area (Å²) in [5.74, 6) is 0. The maximum absolute atomic E-state index is 12.8. The third-order valence-electron chi connectivity index (χ3n) is 4.90. The molecule has 0 radical (unpaired) electrons. The van der Waals surface area contributed by atoms with Crippen LogP contribution in [0.1, 0.15) is 30.9 Å². The summed E-state index contributed by atoms with van der Waals surface area (Å²) in [7, 11) is -2.34. The molecule has 3 rings (SSSR count). The van der Waals surface area contributed by atoms with Crippen LogP contribution in [0.15, 0.2) is 88.8 Å².